The van der Waals surface area contributed by atoms with E-state index in [1.807, 2.05) is 47.8 Å². The molecule has 0 radical (unpaired) electrons. The van der Waals surface area contributed by atoms with Crippen molar-refractivity contribution in [2.75, 3.05) is 37.6 Å². The van der Waals surface area contributed by atoms with Gasteiger partial charge in [0, 0.05) is 47.8 Å². The monoisotopic (exact) mass is 436 g/mol. The third-order valence-corrected chi connectivity index (χ3v) is 6.24. The Labute approximate surface area is 185 Å². The summed E-state index contributed by atoms with van der Waals surface area (Å²) in [4.78, 5) is 9.06. The van der Waals surface area contributed by atoms with E-state index in [1.165, 1.54) is 17.0 Å². The summed E-state index contributed by atoms with van der Waals surface area (Å²) in [5.74, 6) is 0.0719. The molecule has 5 nitrogen and oxygen atoms in total. The molecule has 1 N–H and O–H groups in total. The Morgan fingerprint density at radius 3 is 2.43 bits per heavy atom. The van der Waals surface area contributed by atoms with E-state index in [0.717, 1.165) is 37.4 Å². The average molecular weight is 437 g/mol. The second-order valence-corrected chi connectivity index (χ2v) is 8.37. The maximum atomic E-state index is 10.7. The molecule has 1 aliphatic rings. The molecule has 30 heavy (non-hydrogen) atoms. The fourth-order valence-electron chi connectivity index (χ4n) is 3.47. The highest BCUT2D eigenvalue weighted by molar-refractivity contribution is 7.11. The first-order chi connectivity index (χ1) is 14.6. The number of aliphatic hydroxyl groups excluding tert-OH is 1. The van der Waals surface area contributed by atoms with Gasteiger partial charge in [-0.2, -0.15) is 5.26 Å². The van der Waals surface area contributed by atoms with E-state index >= 15 is 0 Å². The number of aromatic nitrogens is 1. The molecule has 0 bridgehead atoms. The number of nitriles is 1. The SMILES string of the molecule is N#CC(=C(O)CN1CCN(c2ccccc2)CC1)c1nc(-c2ccc(Cl)cc2)cs1. The number of hydrogen-bond acceptors (Lipinski definition) is 6. The lowest BCUT2D eigenvalue weighted by atomic mass is 10.2. The van der Waals surface area contributed by atoms with E-state index in [0.29, 0.717) is 16.6 Å². The van der Waals surface area contributed by atoms with Crippen LogP contribution in [-0.4, -0.2) is 47.7 Å². The van der Waals surface area contributed by atoms with E-state index in [9.17, 15) is 10.4 Å². The number of rotatable bonds is 5. The predicted octanol–water partition coefficient (Wildman–Crippen LogP) is 5.08. The van der Waals surface area contributed by atoms with Crippen LogP contribution in [0.2, 0.25) is 5.02 Å². The molecule has 1 saturated heterocycles. The Hall–Kier alpha value is -2.85. The van der Waals surface area contributed by atoms with Gasteiger partial charge in [-0.15, -0.1) is 11.3 Å². The van der Waals surface area contributed by atoms with Gasteiger partial charge in [0.2, 0.25) is 0 Å². The number of benzene rings is 2. The molecule has 0 unspecified atom stereocenters. The van der Waals surface area contributed by atoms with E-state index in [1.54, 1.807) is 0 Å². The molecule has 152 valence electrons. The minimum atomic E-state index is 0.0719. The molecule has 4 rings (SSSR count). The fraction of sp³-hybridized carbons (Fsp3) is 0.217. The van der Waals surface area contributed by atoms with Gasteiger partial charge in [-0.3, -0.25) is 4.90 Å². The second-order valence-electron chi connectivity index (χ2n) is 7.08. The van der Waals surface area contributed by atoms with Gasteiger partial charge >= 0.3 is 0 Å². The smallest absolute Gasteiger partial charge is 0.138 e. The fourth-order valence-corrected chi connectivity index (χ4v) is 4.44. The van der Waals surface area contributed by atoms with Crippen molar-refractivity contribution in [3.8, 4) is 17.3 Å². The van der Waals surface area contributed by atoms with Gasteiger partial charge in [0.25, 0.3) is 0 Å². The van der Waals surface area contributed by atoms with Crippen LogP contribution in [0, 0.1) is 11.3 Å². The first kappa shape index (κ1) is 20.4. The Morgan fingerprint density at radius 1 is 1.07 bits per heavy atom. The van der Waals surface area contributed by atoms with E-state index < -0.39 is 0 Å². The molecule has 0 atom stereocenters. The number of aliphatic hydroxyl groups is 1. The van der Waals surface area contributed by atoms with E-state index in [4.69, 9.17) is 11.6 Å². The van der Waals surface area contributed by atoms with Crippen molar-refractivity contribution in [2.24, 2.45) is 0 Å². The third kappa shape index (κ3) is 4.65. The van der Waals surface area contributed by atoms with Crippen LogP contribution in [0.3, 0.4) is 0 Å². The van der Waals surface area contributed by atoms with Crippen molar-refractivity contribution in [3.63, 3.8) is 0 Å². The number of nitrogens with zero attached hydrogens (tertiary/aromatic N) is 4. The minimum absolute atomic E-state index is 0.0719. The van der Waals surface area contributed by atoms with Crippen LogP contribution in [0.15, 0.2) is 65.7 Å². The number of halogens is 1. The highest BCUT2D eigenvalue weighted by Crippen LogP contribution is 2.28. The third-order valence-electron chi connectivity index (χ3n) is 5.13. The van der Waals surface area contributed by atoms with Crippen molar-refractivity contribution in [1.29, 1.82) is 5.26 Å². The molecule has 0 aliphatic carbocycles. The van der Waals surface area contributed by atoms with Crippen molar-refractivity contribution in [3.05, 3.63) is 75.8 Å². The number of allylic oxidation sites excluding steroid dienone is 1. The van der Waals surface area contributed by atoms with Crippen LogP contribution < -0.4 is 4.90 Å². The molecule has 7 heteroatoms. The van der Waals surface area contributed by atoms with Crippen LogP contribution in [0.5, 0.6) is 0 Å². The molecule has 2 heterocycles. The van der Waals surface area contributed by atoms with Gasteiger partial charge in [-0.25, -0.2) is 4.98 Å². The zero-order valence-corrected chi connectivity index (χ0v) is 17.9. The first-order valence-electron chi connectivity index (χ1n) is 9.70. The highest BCUT2D eigenvalue weighted by atomic mass is 35.5. The minimum Gasteiger partial charge on any atom is -0.509 e. The molecule has 1 fully saturated rings. The molecule has 1 aliphatic heterocycles. The zero-order valence-electron chi connectivity index (χ0n) is 16.3. The van der Waals surface area contributed by atoms with Crippen LogP contribution in [0.25, 0.3) is 16.8 Å². The summed E-state index contributed by atoms with van der Waals surface area (Å²) < 4.78 is 0. The summed E-state index contributed by atoms with van der Waals surface area (Å²) in [5.41, 5.74) is 3.15. The highest BCUT2D eigenvalue weighted by Gasteiger charge is 2.20. The standard InChI is InChI=1S/C23H21ClN4OS/c24-18-8-6-17(7-9-18)21-16-30-23(26-21)20(14-25)22(29)15-27-10-12-28(13-11-27)19-4-2-1-3-5-19/h1-9,16,29H,10-13,15H2. The molecular formula is C23H21ClN4OS. The van der Waals surface area contributed by atoms with Crippen LogP contribution in [0.1, 0.15) is 5.01 Å². The number of anilines is 1. The molecule has 3 aromatic rings. The summed E-state index contributed by atoms with van der Waals surface area (Å²) in [6.45, 7) is 3.77. The molecular weight excluding hydrogens is 416 g/mol. The van der Waals surface area contributed by atoms with Crippen molar-refractivity contribution < 1.29 is 5.11 Å². The van der Waals surface area contributed by atoms with Gasteiger partial charge in [0.1, 0.15) is 22.4 Å². The number of hydrogen-bond donors (Lipinski definition) is 1. The Kier molecular flexibility index (Phi) is 6.34. The Morgan fingerprint density at radius 2 is 1.77 bits per heavy atom. The largest absolute Gasteiger partial charge is 0.509 e. The number of thiazole rings is 1. The van der Waals surface area contributed by atoms with Crippen LogP contribution in [-0.2, 0) is 0 Å². The Balaban J connectivity index is 1.43. The van der Waals surface area contributed by atoms with Crippen molar-refractivity contribution >= 4 is 34.2 Å². The van der Waals surface area contributed by atoms with Crippen LogP contribution in [0.4, 0.5) is 5.69 Å². The van der Waals surface area contributed by atoms with Gasteiger partial charge in [0.05, 0.1) is 12.2 Å². The zero-order chi connectivity index (χ0) is 20.9. The van der Waals surface area contributed by atoms with Crippen molar-refractivity contribution in [2.45, 2.75) is 0 Å². The molecule has 0 saturated carbocycles. The number of para-hydroxylation sites is 1. The maximum absolute atomic E-state index is 10.7. The summed E-state index contributed by atoms with van der Waals surface area (Å²) in [6, 6.07) is 19.9. The lowest BCUT2D eigenvalue weighted by Gasteiger charge is -2.35. The molecule has 0 amide bonds. The second kappa shape index (κ2) is 9.31. The predicted molar refractivity (Wildman–Crippen MR) is 123 cm³/mol. The normalized spacial score (nSPS) is 15.5. The summed E-state index contributed by atoms with van der Waals surface area (Å²) in [5, 5.41) is 23.4. The van der Waals surface area contributed by atoms with Gasteiger partial charge < -0.3 is 10.0 Å². The summed E-state index contributed by atoms with van der Waals surface area (Å²) in [6.07, 6.45) is 0. The average Bonchev–Trinajstić information content (AvgIpc) is 3.26. The quantitative estimate of drug-likeness (QED) is 0.446. The number of piperazine rings is 1. The first-order valence-corrected chi connectivity index (χ1v) is 11.0. The van der Waals surface area contributed by atoms with Gasteiger partial charge in [0.15, 0.2) is 0 Å². The molecule has 1 aromatic heterocycles. The van der Waals surface area contributed by atoms with E-state index in [-0.39, 0.29) is 11.3 Å². The Bertz CT molecular complexity index is 1060. The van der Waals surface area contributed by atoms with Gasteiger partial charge in [-0.05, 0) is 24.3 Å². The topological polar surface area (TPSA) is 63.4 Å². The lowest BCUT2D eigenvalue weighted by Crippen LogP contribution is -2.47. The van der Waals surface area contributed by atoms with Crippen LogP contribution >= 0.6 is 22.9 Å². The lowest BCUT2D eigenvalue weighted by molar-refractivity contribution is 0.239. The summed E-state index contributed by atoms with van der Waals surface area (Å²) >= 11 is 7.30. The molecule has 0 spiro atoms. The van der Waals surface area contributed by atoms with Gasteiger partial charge in [-0.1, -0.05) is 41.9 Å². The summed E-state index contributed by atoms with van der Waals surface area (Å²) in [7, 11) is 0. The maximum Gasteiger partial charge on any atom is 0.138 e. The molecule has 2 aromatic carbocycles. The van der Waals surface area contributed by atoms with E-state index in [2.05, 4.69) is 33.0 Å². The van der Waals surface area contributed by atoms with Crippen molar-refractivity contribution in [1.82, 2.24) is 9.88 Å².